The minimum Gasteiger partial charge on any atom is -0.449 e. The molecule has 7 heteroatoms. The summed E-state index contributed by atoms with van der Waals surface area (Å²) in [6.45, 7) is 0.446. The molecular formula is C25H20F3NO3. The second-order valence-corrected chi connectivity index (χ2v) is 7.23. The molecule has 3 aromatic carbocycles. The zero-order valence-corrected chi connectivity index (χ0v) is 16.9. The van der Waals surface area contributed by atoms with Gasteiger partial charge in [-0.05, 0) is 39.9 Å². The number of carbonyl (C=O) groups is 1. The summed E-state index contributed by atoms with van der Waals surface area (Å²) >= 11 is 0. The molecule has 0 unspecified atom stereocenters. The predicted molar refractivity (Wildman–Crippen MR) is 115 cm³/mol. The van der Waals surface area contributed by atoms with Gasteiger partial charge in [0.1, 0.15) is 12.4 Å². The first kappa shape index (κ1) is 21.5. The Morgan fingerprint density at radius 1 is 0.906 bits per heavy atom. The molecule has 32 heavy (non-hydrogen) atoms. The fourth-order valence-corrected chi connectivity index (χ4v) is 3.77. The third kappa shape index (κ3) is 5.11. The molecule has 1 amide bonds. The molecule has 0 heterocycles. The van der Waals surface area contributed by atoms with Crippen LogP contribution in [-0.4, -0.2) is 25.6 Å². The summed E-state index contributed by atoms with van der Waals surface area (Å²) in [7, 11) is 0. The van der Waals surface area contributed by atoms with Gasteiger partial charge in [-0.25, -0.2) is 4.79 Å². The average Bonchev–Trinajstić information content (AvgIpc) is 3.09. The van der Waals surface area contributed by atoms with Gasteiger partial charge in [-0.3, -0.25) is 0 Å². The van der Waals surface area contributed by atoms with Crippen molar-refractivity contribution in [3.8, 4) is 16.9 Å². The van der Waals surface area contributed by atoms with E-state index < -0.39 is 12.5 Å². The number of benzene rings is 3. The fraction of sp³-hybridized carbons (Fsp3) is 0.160. The molecule has 0 aromatic heterocycles. The van der Waals surface area contributed by atoms with E-state index >= 15 is 0 Å². The first-order chi connectivity index (χ1) is 15.4. The molecule has 0 bridgehead atoms. The highest BCUT2D eigenvalue weighted by molar-refractivity contribution is 5.79. The van der Waals surface area contributed by atoms with Crippen molar-refractivity contribution < 1.29 is 27.4 Å². The van der Waals surface area contributed by atoms with Gasteiger partial charge in [0.15, 0.2) is 0 Å². The van der Waals surface area contributed by atoms with Crippen LogP contribution in [0.2, 0.25) is 0 Å². The van der Waals surface area contributed by atoms with Crippen molar-refractivity contribution in [2.24, 2.45) is 0 Å². The van der Waals surface area contributed by atoms with Crippen molar-refractivity contribution in [1.82, 2.24) is 5.32 Å². The van der Waals surface area contributed by atoms with E-state index in [1.807, 2.05) is 24.3 Å². The van der Waals surface area contributed by atoms with Crippen molar-refractivity contribution in [1.29, 1.82) is 0 Å². The maximum atomic E-state index is 12.2. The Kier molecular flexibility index (Phi) is 6.16. The van der Waals surface area contributed by atoms with Gasteiger partial charge >= 0.3 is 12.5 Å². The number of nitrogens with one attached hydrogen (secondary N) is 1. The second-order valence-electron chi connectivity index (χ2n) is 7.23. The average molecular weight is 439 g/mol. The number of amides is 1. The van der Waals surface area contributed by atoms with Gasteiger partial charge in [0.25, 0.3) is 0 Å². The lowest BCUT2D eigenvalue weighted by Crippen LogP contribution is -2.26. The zero-order chi connectivity index (χ0) is 22.6. The maximum Gasteiger partial charge on any atom is 0.573 e. The molecule has 164 valence electrons. The van der Waals surface area contributed by atoms with Crippen LogP contribution in [-0.2, 0) is 4.74 Å². The molecule has 0 radical (unpaired) electrons. The van der Waals surface area contributed by atoms with E-state index in [-0.39, 0.29) is 24.8 Å². The van der Waals surface area contributed by atoms with Gasteiger partial charge in [0.05, 0.1) is 0 Å². The Morgan fingerprint density at radius 3 is 2.09 bits per heavy atom. The third-order valence-electron chi connectivity index (χ3n) is 5.13. The lowest BCUT2D eigenvalue weighted by Gasteiger charge is -2.14. The molecule has 1 N–H and O–H groups in total. The fourth-order valence-electron chi connectivity index (χ4n) is 3.77. The van der Waals surface area contributed by atoms with Crippen molar-refractivity contribution >= 4 is 12.2 Å². The van der Waals surface area contributed by atoms with E-state index in [0.717, 1.165) is 22.3 Å². The van der Waals surface area contributed by atoms with E-state index in [4.69, 9.17) is 4.74 Å². The summed E-state index contributed by atoms with van der Waals surface area (Å²) < 4.78 is 45.8. The number of hydrogen-bond donors (Lipinski definition) is 1. The predicted octanol–water partition coefficient (Wildman–Crippen LogP) is 6.14. The van der Waals surface area contributed by atoms with Gasteiger partial charge in [0.2, 0.25) is 0 Å². The van der Waals surface area contributed by atoms with Crippen molar-refractivity contribution in [2.75, 3.05) is 13.2 Å². The highest BCUT2D eigenvalue weighted by atomic mass is 19.4. The van der Waals surface area contributed by atoms with E-state index in [1.54, 1.807) is 12.2 Å². The Balaban J connectivity index is 1.27. The molecule has 1 aliphatic rings. The minimum atomic E-state index is -4.72. The summed E-state index contributed by atoms with van der Waals surface area (Å²) in [6, 6.07) is 21.6. The molecule has 4 nitrogen and oxygen atoms in total. The van der Waals surface area contributed by atoms with Gasteiger partial charge < -0.3 is 14.8 Å². The molecule has 0 saturated heterocycles. The lowest BCUT2D eigenvalue weighted by molar-refractivity contribution is -0.274. The van der Waals surface area contributed by atoms with E-state index in [9.17, 15) is 18.0 Å². The molecule has 1 aliphatic carbocycles. The Labute approximate surface area is 183 Å². The van der Waals surface area contributed by atoms with Crippen LogP contribution in [0.5, 0.6) is 5.75 Å². The number of alkyl halides is 3. The first-order valence-electron chi connectivity index (χ1n) is 10.0. The number of ether oxygens (including phenoxy) is 2. The van der Waals surface area contributed by atoms with Crippen LogP contribution in [0.15, 0.2) is 78.9 Å². The van der Waals surface area contributed by atoms with Crippen LogP contribution in [0.1, 0.15) is 22.6 Å². The largest absolute Gasteiger partial charge is 0.573 e. The number of fused-ring (bicyclic) bond motifs is 3. The van der Waals surface area contributed by atoms with Gasteiger partial charge in [-0.2, -0.15) is 0 Å². The van der Waals surface area contributed by atoms with Crippen molar-refractivity contribution in [2.45, 2.75) is 12.3 Å². The van der Waals surface area contributed by atoms with Crippen molar-refractivity contribution in [3.63, 3.8) is 0 Å². The number of rotatable bonds is 6. The maximum absolute atomic E-state index is 12.2. The van der Waals surface area contributed by atoms with E-state index in [2.05, 4.69) is 34.3 Å². The van der Waals surface area contributed by atoms with Gasteiger partial charge in [-0.15, -0.1) is 13.2 Å². The highest BCUT2D eigenvalue weighted by Crippen LogP contribution is 2.44. The molecule has 0 saturated carbocycles. The second kappa shape index (κ2) is 9.18. The standard InChI is InChI=1S/C25H20F3NO3/c26-25(27,28)32-18-13-11-17(12-14-18)6-5-15-29-24(30)31-16-23-21-9-3-1-7-19(21)20-8-2-4-10-22(20)23/h1-14,23H,15-16H2,(H,29,30). The van der Waals surface area contributed by atoms with Crippen LogP contribution in [0, 0.1) is 0 Å². The van der Waals surface area contributed by atoms with Crippen molar-refractivity contribution in [3.05, 3.63) is 95.6 Å². The van der Waals surface area contributed by atoms with Crippen LogP contribution in [0.4, 0.5) is 18.0 Å². The Bertz CT molecular complexity index is 1080. The molecule has 0 spiro atoms. The van der Waals surface area contributed by atoms with Gasteiger partial charge in [0, 0.05) is 12.5 Å². The normalized spacial score (nSPS) is 13.0. The summed E-state index contributed by atoms with van der Waals surface area (Å²) in [5.41, 5.74) is 5.27. The Hall–Kier alpha value is -3.74. The number of alkyl carbamates (subject to hydrolysis) is 1. The molecular weight excluding hydrogens is 419 g/mol. The number of hydrogen-bond acceptors (Lipinski definition) is 3. The smallest absolute Gasteiger partial charge is 0.449 e. The molecule has 3 aromatic rings. The van der Waals surface area contributed by atoms with Crippen LogP contribution in [0.3, 0.4) is 0 Å². The van der Waals surface area contributed by atoms with Crippen LogP contribution < -0.4 is 10.1 Å². The molecule has 0 aliphatic heterocycles. The summed E-state index contributed by atoms with van der Waals surface area (Å²) in [6.07, 6.45) is -1.89. The van der Waals surface area contributed by atoms with E-state index in [1.165, 1.54) is 24.3 Å². The summed E-state index contributed by atoms with van der Waals surface area (Å²) in [5, 5.41) is 2.65. The molecule has 0 fully saturated rings. The van der Waals surface area contributed by atoms with Crippen LogP contribution in [0.25, 0.3) is 17.2 Å². The summed E-state index contributed by atoms with van der Waals surface area (Å²) in [4.78, 5) is 12.1. The topological polar surface area (TPSA) is 47.6 Å². The zero-order valence-electron chi connectivity index (χ0n) is 16.9. The van der Waals surface area contributed by atoms with E-state index in [0.29, 0.717) is 5.56 Å². The Morgan fingerprint density at radius 2 is 1.50 bits per heavy atom. The summed E-state index contributed by atoms with van der Waals surface area (Å²) in [5.74, 6) is -0.299. The van der Waals surface area contributed by atoms with Crippen LogP contribution >= 0.6 is 0 Å². The number of halogens is 3. The monoisotopic (exact) mass is 439 g/mol. The van der Waals surface area contributed by atoms with Gasteiger partial charge in [-0.1, -0.05) is 72.8 Å². The first-order valence-corrected chi connectivity index (χ1v) is 10.0. The minimum absolute atomic E-state index is 0.0128. The quantitative estimate of drug-likeness (QED) is 0.502. The molecule has 0 atom stereocenters. The molecule has 4 rings (SSSR count). The number of carbonyl (C=O) groups excluding carboxylic acids is 1. The lowest BCUT2D eigenvalue weighted by atomic mass is 9.98. The third-order valence-corrected chi connectivity index (χ3v) is 5.13. The SMILES string of the molecule is O=C(NCC=Cc1ccc(OC(F)(F)F)cc1)OCC1c2ccccc2-c2ccccc21. The highest BCUT2D eigenvalue weighted by Gasteiger charge is 2.31.